The quantitative estimate of drug-likeness (QED) is 0.633. The minimum atomic E-state index is 0.820. The van der Waals surface area contributed by atoms with Crippen molar-refractivity contribution in [3.8, 4) is 0 Å². The minimum Gasteiger partial charge on any atom is -0.300 e. The summed E-state index contributed by atoms with van der Waals surface area (Å²) in [5.74, 6) is 2.51. The van der Waals surface area contributed by atoms with Crippen molar-refractivity contribution in [2.45, 2.75) is 32.2 Å². The Labute approximate surface area is 92.8 Å². The molecule has 82 valence electrons. The summed E-state index contributed by atoms with van der Waals surface area (Å²) in [6.45, 7) is 5.15. The number of hydrogen-bond donors (Lipinski definition) is 0. The van der Waals surface area contributed by atoms with E-state index in [2.05, 4.69) is 36.1 Å². The lowest BCUT2D eigenvalue weighted by Gasteiger charge is -2.28. The summed E-state index contributed by atoms with van der Waals surface area (Å²) in [5.41, 5.74) is 0. The Morgan fingerprint density at radius 2 is 1.80 bits per heavy atom. The van der Waals surface area contributed by atoms with E-state index in [9.17, 15) is 0 Å². The number of allylic oxidation sites excluding steroid dienone is 4. The Morgan fingerprint density at radius 1 is 1.07 bits per heavy atom. The van der Waals surface area contributed by atoms with Gasteiger partial charge in [-0.25, -0.2) is 0 Å². The van der Waals surface area contributed by atoms with Gasteiger partial charge in [0.05, 0.1) is 0 Å². The van der Waals surface area contributed by atoms with Gasteiger partial charge >= 0.3 is 0 Å². The molecule has 3 rings (SSSR count). The third-order valence-corrected chi connectivity index (χ3v) is 4.63. The topological polar surface area (TPSA) is 3.24 Å². The van der Waals surface area contributed by atoms with Crippen LogP contribution in [0.4, 0.5) is 0 Å². The Kier molecular flexibility index (Phi) is 2.44. The van der Waals surface area contributed by atoms with Crippen molar-refractivity contribution < 1.29 is 0 Å². The lowest BCUT2D eigenvalue weighted by atomic mass is 9.87. The van der Waals surface area contributed by atoms with E-state index < -0.39 is 0 Å². The second kappa shape index (κ2) is 3.79. The summed E-state index contributed by atoms with van der Waals surface area (Å²) in [5, 5.41) is 0. The normalized spacial score (nSPS) is 44.9. The summed E-state index contributed by atoms with van der Waals surface area (Å²) in [6, 6.07) is 0.856. The zero-order valence-electron chi connectivity index (χ0n) is 9.60. The van der Waals surface area contributed by atoms with Crippen LogP contribution in [0.2, 0.25) is 0 Å². The molecule has 4 unspecified atom stereocenters. The number of nitrogens with zero attached hydrogens (tertiary/aromatic N) is 1. The van der Waals surface area contributed by atoms with Crippen molar-refractivity contribution in [3.63, 3.8) is 0 Å². The van der Waals surface area contributed by atoms with Gasteiger partial charge in [-0.3, -0.25) is 0 Å². The monoisotopic (exact) mass is 203 g/mol. The molecule has 4 atom stereocenters. The number of likely N-dealkylation sites (tertiary alicyclic amines) is 1. The molecule has 1 heterocycles. The van der Waals surface area contributed by atoms with Crippen molar-refractivity contribution in [1.82, 2.24) is 4.90 Å². The van der Waals surface area contributed by atoms with E-state index in [1.165, 1.54) is 32.4 Å². The molecule has 1 saturated carbocycles. The maximum atomic E-state index is 2.74. The summed E-state index contributed by atoms with van der Waals surface area (Å²) in [4.78, 5) is 2.74. The van der Waals surface area contributed by atoms with E-state index in [1.807, 2.05) is 0 Å². The molecule has 1 nitrogen and oxygen atoms in total. The summed E-state index contributed by atoms with van der Waals surface area (Å²) < 4.78 is 0. The van der Waals surface area contributed by atoms with Crippen LogP contribution in [0.1, 0.15) is 26.2 Å². The van der Waals surface area contributed by atoms with Crippen molar-refractivity contribution >= 4 is 0 Å². The van der Waals surface area contributed by atoms with Gasteiger partial charge in [-0.15, -0.1) is 0 Å². The van der Waals surface area contributed by atoms with Crippen LogP contribution in [-0.2, 0) is 0 Å². The molecule has 0 aromatic heterocycles. The molecule has 2 aliphatic carbocycles. The van der Waals surface area contributed by atoms with Crippen LogP contribution in [0, 0.1) is 17.8 Å². The van der Waals surface area contributed by atoms with Gasteiger partial charge in [-0.05, 0) is 50.1 Å². The summed E-state index contributed by atoms with van der Waals surface area (Å²) in [7, 11) is 0. The van der Waals surface area contributed by atoms with Gasteiger partial charge in [0.2, 0.25) is 0 Å². The third-order valence-electron chi connectivity index (χ3n) is 4.63. The highest BCUT2D eigenvalue weighted by molar-refractivity contribution is 5.19. The van der Waals surface area contributed by atoms with Gasteiger partial charge in [0.15, 0.2) is 0 Å². The van der Waals surface area contributed by atoms with Crippen molar-refractivity contribution in [2.24, 2.45) is 17.8 Å². The average Bonchev–Trinajstić information content (AvgIpc) is 2.87. The van der Waals surface area contributed by atoms with E-state index >= 15 is 0 Å². The first-order chi connectivity index (χ1) is 7.36. The summed E-state index contributed by atoms with van der Waals surface area (Å²) in [6.07, 6.45) is 13.6. The number of hydrogen-bond acceptors (Lipinski definition) is 1. The molecule has 2 fully saturated rings. The highest BCUT2D eigenvalue weighted by Gasteiger charge is 2.41. The molecule has 0 aromatic carbocycles. The summed E-state index contributed by atoms with van der Waals surface area (Å²) >= 11 is 0. The minimum absolute atomic E-state index is 0.820. The number of fused-ring (bicyclic) bond motifs is 1. The number of rotatable bonds is 1. The molecule has 0 spiro atoms. The molecule has 1 heteroatoms. The molecular weight excluding hydrogens is 182 g/mol. The first kappa shape index (κ1) is 9.65. The van der Waals surface area contributed by atoms with E-state index in [0.29, 0.717) is 0 Å². The maximum Gasteiger partial charge on any atom is 0.0132 e. The Balaban J connectivity index is 1.76. The fraction of sp³-hybridized carbons (Fsp3) is 0.714. The molecule has 1 aliphatic heterocycles. The predicted octanol–water partition coefficient (Wildman–Crippen LogP) is 2.85. The predicted molar refractivity (Wildman–Crippen MR) is 63.6 cm³/mol. The highest BCUT2D eigenvalue weighted by atomic mass is 15.2. The van der Waals surface area contributed by atoms with Gasteiger partial charge in [0.1, 0.15) is 0 Å². The molecule has 0 bridgehead atoms. The van der Waals surface area contributed by atoms with Crippen LogP contribution in [-0.4, -0.2) is 24.0 Å². The lowest BCUT2D eigenvalue weighted by molar-refractivity contribution is 0.197. The Bertz CT molecular complexity index is 286. The highest BCUT2D eigenvalue weighted by Crippen LogP contribution is 2.43. The zero-order chi connectivity index (χ0) is 10.3. The Hall–Kier alpha value is -0.560. The van der Waals surface area contributed by atoms with Crippen LogP contribution in [0.15, 0.2) is 24.3 Å². The van der Waals surface area contributed by atoms with Crippen LogP contribution in [0.25, 0.3) is 0 Å². The fourth-order valence-corrected chi connectivity index (χ4v) is 3.78. The molecule has 0 N–H and O–H groups in total. The molecule has 0 amide bonds. The van der Waals surface area contributed by atoms with Gasteiger partial charge in [-0.1, -0.05) is 31.2 Å². The smallest absolute Gasteiger partial charge is 0.0132 e. The van der Waals surface area contributed by atoms with Crippen LogP contribution in [0.3, 0.4) is 0 Å². The van der Waals surface area contributed by atoms with Gasteiger partial charge in [0.25, 0.3) is 0 Å². The van der Waals surface area contributed by atoms with Crippen LogP contribution in [0.5, 0.6) is 0 Å². The second-order valence-corrected chi connectivity index (χ2v) is 5.42. The molecule has 3 aliphatic rings. The van der Waals surface area contributed by atoms with E-state index in [0.717, 1.165) is 23.8 Å². The molecule has 0 radical (unpaired) electrons. The average molecular weight is 203 g/mol. The van der Waals surface area contributed by atoms with Crippen molar-refractivity contribution in [2.75, 3.05) is 13.1 Å². The Morgan fingerprint density at radius 3 is 2.53 bits per heavy atom. The fourth-order valence-electron chi connectivity index (χ4n) is 3.78. The maximum absolute atomic E-state index is 2.74. The molecular formula is C14H21N. The van der Waals surface area contributed by atoms with Crippen molar-refractivity contribution in [3.05, 3.63) is 24.3 Å². The first-order valence-electron chi connectivity index (χ1n) is 6.45. The van der Waals surface area contributed by atoms with Gasteiger partial charge in [0, 0.05) is 6.04 Å². The van der Waals surface area contributed by atoms with E-state index in [4.69, 9.17) is 0 Å². The largest absolute Gasteiger partial charge is 0.300 e. The zero-order valence-corrected chi connectivity index (χ0v) is 9.60. The van der Waals surface area contributed by atoms with Gasteiger partial charge in [-0.2, -0.15) is 0 Å². The SMILES string of the molecule is CC1C2C=CC=CC2CC1N1CCCC1. The molecule has 15 heavy (non-hydrogen) atoms. The van der Waals surface area contributed by atoms with Crippen LogP contribution < -0.4 is 0 Å². The van der Waals surface area contributed by atoms with Gasteiger partial charge < -0.3 is 4.90 Å². The molecule has 0 aromatic rings. The standard InChI is InChI=1S/C14H21N/c1-11-13-7-3-2-6-12(13)10-14(11)15-8-4-5-9-15/h2-3,6-7,11-14H,4-5,8-10H2,1H3. The van der Waals surface area contributed by atoms with Crippen LogP contribution >= 0.6 is 0 Å². The van der Waals surface area contributed by atoms with E-state index in [-0.39, 0.29) is 0 Å². The molecule has 1 saturated heterocycles. The first-order valence-corrected chi connectivity index (χ1v) is 6.45. The van der Waals surface area contributed by atoms with Crippen molar-refractivity contribution in [1.29, 1.82) is 0 Å². The third kappa shape index (κ3) is 1.57. The second-order valence-electron chi connectivity index (χ2n) is 5.42. The lowest BCUT2D eigenvalue weighted by Crippen LogP contribution is -2.35. The van der Waals surface area contributed by atoms with E-state index in [1.54, 1.807) is 0 Å².